The Kier molecular flexibility index (Phi) is 5.01. The summed E-state index contributed by atoms with van der Waals surface area (Å²) in [5.74, 6) is 0.621. The van der Waals surface area contributed by atoms with Crippen molar-refractivity contribution < 1.29 is 18.1 Å². The van der Waals surface area contributed by atoms with E-state index in [0.29, 0.717) is 22.4 Å². The summed E-state index contributed by atoms with van der Waals surface area (Å²) in [6.45, 7) is 1.56. The number of methoxy groups -OCH3 is 1. The molecule has 0 saturated heterocycles. The van der Waals surface area contributed by atoms with Crippen molar-refractivity contribution in [3.05, 3.63) is 64.0 Å². The second-order valence-electron chi connectivity index (χ2n) is 5.89. The summed E-state index contributed by atoms with van der Waals surface area (Å²) in [4.78, 5) is 10.1. The standard InChI is InChI=1S/C17H17N5O5S/c1-12-4-5-14(22(23)24)8-17(12)28(25,26)20(2)18-10-13-11-19-21-7-6-15(27-3)9-16(13)21/h4-11H,1-3H3/b18-10+. The topological polar surface area (TPSA) is 119 Å². The minimum absolute atomic E-state index is 0.178. The molecule has 146 valence electrons. The van der Waals surface area contributed by atoms with Crippen LogP contribution in [-0.2, 0) is 10.0 Å². The van der Waals surface area contributed by atoms with Gasteiger partial charge >= 0.3 is 0 Å². The maximum Gasteiger partial charge on any atom is 0.279 e. The normalized spacial score (nSPS) is 11.8. The van der Waals surface area contributed by atoms with Gasteiger partial charge < -0.3 is 4.74 Å². The Labute approximate surface area is 160 Å². The molecule has 10 nitrogen and oxygen atoms in total. The van der Waals surface area contributed by atoms with Crippen molar-refractivity contribution in [3.8, 4) is 5.75 Å². The van der Waals surface area contributed by atoms with Crippen molar-refractivity contribution in [2.24, 2.45) is 5.10 Å². The van der Waals surface area contributed by atoms with Gasteiger partial charge in [0.1, 0.15) is 5.75 Å². The molecule has 0 fully saturated rings. The van der Waals surface area contributed by atoms with Gasteiger partial charge in [-0.3, -0.25) is 10.1 Å². The third-order valence-corrected chi connectivity index (χ3v) is 5.91. The van der Waals surface area contributed by atoms with Gasteiger partial charge in [0.05, 0.1) is 34.9 Å². The molecule has 0 N–H and O–H groups in total. The van der Waals surface area contributed by atoms with Crippen LogP contribution in [-0.4, -0.2) is 47.7 Å². The zero-order valence-corrected chi connectivity index (χ0v) is 16.1. The number of nitro benzene ring substituents is 1. The zero-order valence-electron chi connectivity index (χ0n) is 15.3. The number of hydrazone groups is 1. The predicted octanol–water partition coefficient (Wildman–Crippen LogP) is 2.21. The maximum absolute atomic E-state index is 12.8. The van der Waals surface area contributed by atoms with E-state index >= 15 is 0 Å². The van der Waals surface area contributed by atoms with Crippen LogP contribution in [0.5, 0.6) is 5.75 Å². The van der Waals surface area contributed by atoms with E-state index in [1.165, 1.54) is 38.7 Å². The first-order valence-electron chi connectivity index (χ1n) is 8.03. The molecular weight excluding hydrogens is 386 g/mol. The Bertz CT molecular complexity index is 1190. The number of nitrogens with zero attached hydrogens (tertiary/aromatic N) is 5. The number of pyridine rings is 1. The molecule has 3 aromatic rings. The first-order valence-corrected chi connectivity index (χ1v) is 9.47. The first-order chi connectivity index (χ1) is 13.2. The van der Waals surface area contributed by atoms with Crippen LogP contribution in [0.3, 0.4) is 0 Å². The number of hydrogen-bond acceptors (Lipinski definition) is 7. The minimum Gasteiger partial charge on any atom is -0.497 e. The van der Waals surface area contributed by atoms with E-state index in [2.05, 4.69) is 10.2 Å². The van der Waals surface area contributed by atoms with Crippen molar-refractivity contribution in [3.63, 3.8) is 0 Å². The second kappa shape index (κ2) is 7.27. The summed E-state index contributed by atoms with van der Waals surface area (Å²) in [5, 5.41) is 19.1. The van der Waals surface area contributed by atoms with Crippen LogP contribution in [0, 0.1) is 17.0 Å². The Morgan fingerprint density at radius 3 is 2.75 bits per heavy atom. The van der Waals surface area contributed by atoms with E-state index in [0.717, 1.165) is 10.5 Å². The number of sulfonamides is 1. The minimum atomic E-state index is -4.07. The molecule has 0 aliphatic rings. The number of benzene rings is 1. The summed E-state index contributed by atoms with van der Waals surface area (Å²) in [6, 6.07) is 7.15. The highest BCUT2D eigenvalue weighted by Crippen LogP contribution is 2.24. The van der Waals surface area contributed by atoms with Crippen LogP contribution in [0.25, 0.3) is 5.52 Å². The molecule has 0 atom stereocenters. The number of hydrogen-bond donors (Lipinski definition) is 0. The van der Waals surface area contributed by atoms with Crippen LogP contribution in [0.4, 0.5) is 5.69 Å². The van der Waals surface area contributed by atoms with Crippen LogP contribution >= 0.6 is 0 Å². The molecule has 2 aromatic heterocycles. The van der Waals surface area contributed by atoms with E-state index in [4.69, 9.17) is 4.74 Å². The Hall–Kier alpha value is -3.47. The van der Waals surface area contributed by atoms with Gasteiger partial charge in [-0.25, -0.2) is 4.52 Å². The Morgan fingerprint density at radius 1 is 1.32 bits per heavy atom. The van der Waals surface area contributed by atoms with E-state index in [-0.39, 0.29) is 10.6 Å². The lowest BCUT2D eigenvalue weighted by molar-refractivity contribution is -0.385. The smallest absolute Gasteiger partial charge is 0.279 e. The van der Waals surface area contributed by atoms with E-state index < -0.39 is 14.9 Å². The molecule has 0 unspecified atom stereocenters. The van der Waals surface area contributed by atoms with Gasteiger partial charge in [-0.15, -0.1) is 0 Å². The molecular formula is C17H17N5O5S. The molecule has 3 rings (SSSR count). The highest BCUT2D eigenvalue weighted by molar-refractivity contribution is 7.89. The molecule has 1 aromatic carbocycles. The monoisotopic (exact) mass is 403 g/mol. The predicted molar refractivity (Wildman–Crippen MR) is 102 cm³/mol. The van der Waals surface area contributed by atoms with Gasteiger partial charge in [0.25, 0.3) is 15.7 Å². The van der Waals surface area contributed by atoms with Crippen LogP contribution < -0.4 is 4.74 Å². The number of rotatable bonds is 6. The maximum atomic E-state index is 12.8. The average molecular weight is 403 g/mol. The number of aromatic nitrogens is 2. The number of non-ortho nitro benzene ring substituents is 1. The van der Waals surface area contributed by atoms with Crippen molar-refractivity contribution >= 4 is 27.4 Å². The third kappa shape index (κ3) is 3.51. The average Bonchev–Trinajstić information content (AvgIpc) is 3.08. The lowest BCUT2D eigenvalue weighted by Crippen LogP contribution is -2.22. The molecule has 0 aliphatic heterocycles. The molecule has 2 heterocycles. The van der Waals surface area contributed by atoms with Crippen molar-refractivity contribution in [2.75, 3.05) is 14.2 Å². The van der Waals surface area contributed by atoms with Gasteiger partial charge in [-0.2, -0.15) is 23.0 Å². The Balaban J connectivity index is 1.95. The number of nitro groups is 1. The molecule has 28 heavy (non-hydrogen) atoms. The number of aryl methyl sites for hydroxylation is 1. The van der Waals surface area contributed by atoms with Gasteiger partial charge in [0.2, 0.25) is 0 Å². The summed E-state index contributed by atoms with van der Waals surface area (Å²) < 4.78 is 33.1. The quantitative estimate of drug-likeness (QED) is 0.354. The SMILES string of the molecule is COc1ccn2ncc(/C=N/N(C)S(=O)(=O)c3cc([N+](=O)[O-])ccc3C)c2c1. The molecule has 0 amide bonds. The van der Waals surface area contributed by atoms with Crippen LogP contribution in [0.2, 0.25) is 0 Å². The van der Waals surface area contributed by atoms with E-state index in [1.807, 2.05) is 0 Å². The van der Waals surface area contributed by atoms with Gasteiger partial charge in [0, 0.05) is 37.0 Å². The van der Waals surface area contributed by atoms with Gasteiger partial charge in [0.15, 0.2) is 0 Å². The molecule has 0 radical (unpaired) electrons. The lowest BCUT2D eigenvalue weighted by Gasteiger charge is -2.15. The largest absolute Gasteiger partial charge is 0.497 e. The lowest BCUT2D eigenvalue weighted by atomic mass is 10.2. The zero-order chi connectivity index (χ0) is 20.5. The summed E-state index contributed by atoms with van der Waals surface area (Å²) in [6.07, 6.45) is 4.60. The number of fused-ring (bicyclic) bond motifs is 1. The van der Waals surface area contributed by atoms with Gasteiger partial charge in [-0.05, 0) is 18.6 Å². The molecule has 0 spiro atoms. The van der Waals surface area contributed by atoms with E-state index in [1.54, 1.807) is 29.8 Å². The fraction of sp³-hybridized carbons (Fsp3) is 0.176. The van der Waals surface area contributed by atoms with Crippen molar-refractivity contribution in [1.29, 1.82) is 0 Å². The number of ether oxygens (including phenoxy) is 1. The first kappa shape index (κ1) is 19.3. The molecule has 0 aliphatic carbocycles. The molecule has 11 heteroatoms. The summed E-state index contributed by atoms with van der Waals surface area (Å²) in [5.41, 5.74) is 1.33. The fourth-order valence-electron chi connectivity index (χ4n) is 2.53. The highest BCUT2D eigenvalue weighted by Gasteiger charge is 2.24. The highest BCUT2D eigenvalue weighted by atomic mass is 32.2. The molecule has 0 saturated carbocycles. The summed E-state index contributed by atoms with van der Waals surface area (Å²) in [7, 11) is -1.27. The van der Waals surface area contributed by atoms with Crippen LogP contribution in [0.15, 0.2) is 52.7 Å². The summed E-state index contributed by atoms with van der Waals surface area (Å²) >= 11 is 0. The van der Waals surface area contributed by atoms with Crippen LogP contribution in [0.1, 0.15) is 11.1 Å². The van der Waals surface area contributed by atoms with E-state index in [9.17, 15) is 18.5 Å². The van der Waals surface area contributed by atoms with Crippen molar-refractivity contribution in [1.82, 2.24) is 14.0 Å². The van der Waals surface area contributed by atoms with Gasteiger partial charge in [-0.1, -0.05) is 6.07 Å². The Morgan fingerprint density at radius 2 is 2.07 bits per heavy atom. The third-order valence-electron chi connectivity index (χ3n) is 4.13. The fourth-order valence-corrected chi connectivity index (χ4v) is 3.74. The molecule has 0 bridgehead atoms. The second-order valence-corrected chi connectivity index (χ2v) is 7.81. The van der Waals surface area contributed by atoms with Crippen molar-refractivity contribution in [2.45, 2.75) is 11.8 Å².